The van der Waals surface area contributed by atoms with Crippen LogP contribution in [0.2, 0.25) is 0 Å². The Balaban J connectivity index is 1.57. The summed E-state index contributed by atoms with van der Waals surface area (Å²) in [4.78, 5) is 28.0. The van der Waals surface area contributed by atoms with Crippen molar-refractivity contribution in [3.05, 3.63) is 90.0 Å². The lowest BCUT2D eigenvalue weighted by molar-refractivity contribution is -0.116. The molecule has 0 aliphatic heterocycles. The number of urea groups is 1. The quantitative estimate of drug-likeness (QED) is 0.249. The van der Waals surface area contributed by atoms with Crippen molar-refractivity contribution in [1.82, 2.24) is 14.7 Å². The Labute approximate surface area is 229 Å². The molecule has 0 unspecified atom stereocenters. The summed E-state index contributed by atoms with van der Waals surface area (Å²) < 4.78 is 7.37. The van der Waals surface area contributed by atoms with E-state index >= 15 is 0 Å². The Bertz CT molecular complexity index is 1430. The molecule has 39 heavy (non-hydrogen) atoms. The van der Waals surface area contributed by atoms with Crippen LogP contribution in [0.5, 0.6) is 5.75 Å². The van der Waals surface area contributed by atoms with Gasteiger partial charge in [-0.25, -0.2) is 9.48 Å². The average molecular weight is 526 g/mol. The van der Waals surface area contributed by atoms with E-state index in [2.05, 4.69) is 16.7 Å². The van der Waals surface area contributed by atoms with Crippen molar-refractivity contribution < 1.29 is 14.3 Å². The lowest BCUT2D eigenvalue weighted by Gasteiger charge is -2.23. The summed E-state index contributed by atoms with van der Waals surface area (Å²) in [5, 5.41) is 10.7. The van der Waals surface area contributed by atoms with Crippen LogP contribution in [-0.4, -0.2) is 46.3 Å². The molecular weight excluding hydrogens is 490 g/mol. The summed E-state index contributed by atoms with van der Waals surface area (Å²) in [5.74, 6) is 0.798. The molecule has 8 nitrogen and oxygen atoms in total. The van der Waals surface area contributed by atoms with Crippen LogP contribution in [0.4, 0.5) is 16.3 Å². The Hall–Kier alpha value is -4.59. The SMILES string of the molecule is CCCN(CC(=O)Nc1cc(-c2ccccc2)nn1-c1ccc(C)cc1C)C(=O)Nc1ccccc1OCC. The molecule has 0 fully saturated rings. The number of anilines is 2. The third kappa shape index (κ3) is 6.84. The number of hydrogen-bond acceptors (Lipinski definition) is 4. The molecule has 3 amide bonds. The number of benzene rings is 3. The zero-order valence-corrected chi connectivity index (χ0v) is 22.9. The lowest BCUT2D eigenvalue weighted by Crippen LogP contribution is -2.41. The molecule has 1 aromatic heterocycles. The number of rotatable bonds is 10. The first kappa shape index (κ1) is 27.4. The highest BCUT2D eigenvalue weighted by atomic mass is 16.5. The molecule has 0 bridgehead atoms. The van der Waals surface area contributed by atoms with Gasteiger partial charge in [0.25, 0.3) is 0 Å². The topological polar surface area (TPSA) is 88.5 Å². The summed E-state index contributed by atoms with van der Waals surface area (Å²) in [5.41, 5.74) is 5.29. The number of ether oxygens (including phenoxy) is 1. The summed E-state index contributed by atoms with van der Waals surface area (Å²) in [6.07, 6.45) is 0.701. The van der Waals surface area contributed by atoms with E-state index in [1.165, 1.54) is 4.90 Å². The number of aromatic nitrogens is 2. The fourth-order valence-electron chi connectivity index (χ4n) is 4.37. The lowest BCUT2D eigenvalue weighted by atomic mass is 10.1. The van der Waals surface area contributed by atoms with Crippen molar-refractivity contribution in [3.63, 3.8) is 0 Å². The van der Waals surface area contributed by atoms with E-state index in [-0.39, 0.29) is 18.5 Å². The van der Waals surface area contributed by atoms with Gasteiger partial charge in [0.05, 0.1) is 23.7 Å². The monoisotopic (exact) mass is 525 g/mol. The van der Waals surface area contributed by atoms with Crippen molar-refractivity contribution in [2.45, 2.75) is 34.1 Å². The highest BCUT2D eigenvalue weighted by Gasteiger charge is 2.20. The van der Waals surface area contributed by atoms with E-state index in [1.807, 2.05) is 88.4 Å². The van der Waals surface area contributed by atoms with Gasteiger partial charge in [-0.15, -0.1) is 0 Å². The van der Waals surface area contributed by atoms with Crippen LogP contribution in [0.1, 0.15) is 31.4 Å². The predicted molar refractivity (Wildman–Crippen MR) is 156 cm³/mol. The zero-order valence-electron chi connectivity index (χ0n) is 22.9. The van der Waals surface area contributed by atoms with Gasteiger partial charge in [0.15, 0.2) is 0 Å². The molecule has 4 rings (SSSR count). The molecule has 8 heteroatoms. The maximum absolute atomic E-state index is 13.3. The van der Waals surface area contributed by atoms with Crippen molar-refractivity contribution in [1.29, 1.82) is 0 Å². The molecule has 0 aliphatic rings. The van der Waals surface area contributed by atoms with Crippen molar-refractivity contribution in [3.8, 4) is 22.7 Å². The van der Waals surface area contributed by atoms with E-state index in [0.29, 0.717) is 36.8 Å². The van der Waals surface area contributed by atoms with Gasteiger partial charge in [-0.05, 0) is 51.0 Å². The second kappa shape index (κ2) is 12.8. The second-order valence-electron chi connectivity index (χ2n) is 9.31. The van der Waals surface area contributed by atoms with Gasteiger partial charge in [0, 0.05) is 18.2 Å². The zero-order chi connectivity index (χ0) is 27.8. The predicted octanol–water partition coefficient (Wildman–Crippen LogP) is 6.44. The van der Waals surface area contributed by atoms with Crippen molar-refractivity contribution >= 4 is 23.4 Å². The molecule has 0 radical (unpaired) electrons. The molecule has 1 heterocycles. The summed E-state index contributed by atoms with van der Waals surface area (Å²) in [6, 6.07) is 24.7. The first-order valence-electron chi connectivity index (χ1n) is 13.2. The average Bonchev–Trinajstić information content (AvgIpc) is 3.33. The fraction of sp³-hybridized carbons (Fsp3) is 0.258. The molecule has 0 aliphatic carbocycles. The number of nitrogens with one attached hydrogen (secondary N) is 2. The minimum Gasteiger partial charge on any atom is -0.492 e. The van der Waals surface area contributed by atoms with Crippen LogP contribution >= 0.6 is 0 Å². The van der Waals surface area contributed by atoms with E-state index in [0.717, 1.165) is 28.1 Å². The van der Waals surface area contributed by atoms with Crippen LogP contribution in [0.3, 0.4) is 0 Å². The van der Waals surface area contributed by atoms with Gasteiger partial charge in [0.1, 0.15) is 18.1 Å². The Morgan fingerprint density at radius 3 is 2.38 bits per heavy atom. The first-order valence-corrected chi connectivity index (χ1v) is 13.2. The van der Waals surface area contributed by atoms with E-state index in [4.69, 9.17) is 9.84 Å². The van der Waals surface area contributed by atoms with Crippen molar-refractivity contribution in [2.24, 2.45) is 0 Å². The fourth-order valence-corrected chi connectivity index (χ4v) is 4.37. The van der Waals surface area contributed by atoms with Gasteiger partial charge < -0.3 is 20.3 Å². The number of carbonyl (C=O) groups excluding carboxylic acids is 2. The third-order valence-corrected chi connectivity index (χ3v) is 6.17. The number of hydrogen-bond donors (Lipinski definition) is 2. The van der Waals surface area contributed by atoms with E-state index < -0.39 is 0 Å². The Morgan fingerprint density at radius 2 is 1.67 bits per heavy atom. The van der Waals surface area contributed by atoms with Crippen LogP contribution in [0, 0.1) is 13.8 Å². The highest BCUT2D eigenvalue weighted by Crippen LogP contribution is 2.27. The van der Waals surface area contributed by atoms with Crippen LogP contribution in [0.25, 0.3) is 16.9 Å². The maximum Gasteiger partial charge on any atom is 0.322 e. The number of carbonyl (C=O) groups is 2. The molecule has 2 N–H and O–H groups in total. The highest BCUT2D eigenvalue weighted by molar-refractivity contribution is 5.97. The largest absolute Gasteiger partial charge is 0.492 e. The molecule has 3 aromatic carbocycles. The van der Waals surface area contributed by atoms with Gasteiger partial charge in [-0.3, -0.25) is 4.79 Å². The second-order valence-corrected chi connectivity index (χ2v) is 9.31. The minimum atomic E-state index is -0.369. The number of nitrogens with zero attached hydrogens (tertiary/aromatic N) is 3. The molecular formula is C31H35N5O3. The Morgan fingerprint density at radius 1 is 0.923 bits per heavy atom. The van der Waals surface area contributed by atoms with Crippen LogP contribution in [0.15, 0.2) is 78.9 Å². The minimum absolute atomic E-state index is 0.116. The maximum atomic E-state index is 13.3. The molecule has 0 spiro atoms. The van der Waals surface area contributed by atoms with Gasteiger partial charge in [0.2, 0.25) is 5.91 Å². The summed E-state index contributed by atoms with van der Waals surface area (Å²) in [6.45, 7) is 8.69. The molecule has 0 atom stereocenters. The number of amides is 3. The van der Waals surface area contributed by atoms with Crippen LogP contribution in [-0.2, 0) is 4.79 Å². The van der Waals surface area contributed by atoms with Gasteiger partial charge >= 0.3 is 6.03 Å². The summed E-state index contributed by atoms with van der Waals surface area (Å²) >= 11 is 0. The van der Waals surface area contributed by atoms with Gasteiger partial charge in [-0.1, -0.05) is 67.1 Å². The first-order chi connectivity index (χ1) is 18.9. The smallest absolute Gasteiger partial charge is 0.322 e. The Kier molecular flexibility index (Phi) is 8.99. The van der Waals surface area contributed by atoms with Crippen molar-refractivity contribution in [2.75, 3.05) is 30.3 Å². The van der Waals surface area contributed by atoms with E-state index in [1.54, 1.807) is 16.8 Å². The molecule has 0 saturated heterocycles. The normalized spacial score (nSPS) is 10.7. The third-order valence-electron chi connectivity index (χ3n) is 6.17. The number of para-hydroxylation sites is 2. The standard InChI is InChI=1S/C31H35N5O3/c1-5-18-35(31(38)32-25-14-10-11-15-28(25)39-6-2)21-30(37)33-29-20-26(24-12-8-7-9-13-24)34-36(29)27-17-16-22(3)19-23(27)4/h7-17,19-20H,5-6,18,21H2,1-4H3,(H,32,38)(H,33,37). The molecule has 202 valence electrons. The van der Waals surface area contributed by atoms with E-state index in [9.17, 15) is 9.59 Å². The van der Waals surface area contributed by atoms with Crippen LogP contribution < -0.4 is 15.4 Å². The number of aryl methyl sites for hydroxylation is 2. The summed E-state index contributed by atoms with van der Waals surface area (Å²) in [7, 11) is 0. The molecule has 4 aromatic rings. The molecule has 0 saturated carbocycles. The van der Waals surface area contributed by atoms with Gasteiger partial charge in [-0.2, -0.15) is 5.10 Å².